The molecular formula is C17H32N5O3S. The molecule has 0 bridgehead atoms. The summed E-state index contributed by atoms with van der Waals surface area (Å²) in [6, 6.07) is 0. The van der Waals surface area contributed by atoms with Gasteiger partial charge in [0.15, 0.2) is 0 Å². The van der Waals surface area contributed by atoms with E-state index in [-0.39, 0.29) is 11.8 Å². The van der Waals surface area contributed by atoms with E-state index in [9.17, 15) is 13.2 Å². The van der Waals surface area contributed by atoms with Crippen molar-refractivity contribution in [2.24, 2.45) is 5.92 Å². The van der Waals surface area contributed by atoms with E-state index in [1.807, 2.05) is 11.9 Å². The second-order valence-corrected chi connectivity index (χ2v) is 9.55. The van der Waals surface area contributed by atoms with Crippen molar-refractivity contribution >= 4 is 15.9 Å². The average Bonchev–Trinajstić information content (AvgIpc) is 3.16. The van der Waals surface area contributed by atoms with Crippen LogP contribution in [0.1, 0.15) is 25.7 Å². The summed E-state index contributed by atoms with van der Waals surface area (Å²) in [5, 5.41) is 3.36. The van der Waals surface area contributed by atoms with Gasteiger partial charge in [0.05, 0.1) is 6.26 Å². The lowest BCUT2D eigenvalue weighted by Gasteiger charge is -2.47. The zero-order valence-corrected chi connectivity index (χ0v) is 16.8. The van der Waals surface area contributed by atoms with E-state index in [2.05, 4.69) is 15.1 Å². The van der Waals surface area contributed by atoms with Crippen LogP contribution in [-0.2, 0) is 14.8 Å². The van der Waals surface area contributed by atoms with Gasteiger partial charge in [-0.05, 0) is 12.8 Å². The molecule has 8 nitrogen and oxygen atoms in total. The molecule has 0 atom stereocenters. The quantitative estimate of drug-likeness (QED) is 0.691. The highest BCUT2D eigenvalue weighted by Gasteiger charge is 2.39. The largest absolute Gasteiger partial charge is 0.314 e. The molecule has 2 aliphatic heterocycles. The summed E-state index contributed by atoms with van der Waals surface area (Å²) in [4.78, 5) is 19.3. The monoisotopic (exact) mass is 386 g/mol. The molecule has 1 saturated carbocycles. The molecule has 1 aliphatic carbocycles. The van der Waals surface area contributed by atoms with Gasteiger partial charge in [-0.3, -0.25) is 14.6 Å². The lowest BCUT2D eigenvalue weighted by atomic mass is 10.1. The Balaban J connectivity index is 1.72. The molecule has 1 amide bonds. The van der Waals surface area contributed by atoms with Crippen LogP contribution < -0.4 is 5.32 Å². The first-order chi connectivity index (χ1) is 12.4. The first-order valence-electron chi connectivity index (χ1n) is 9.68. The summed E-state index contributed by atoms with van der Waals surface area (Å²) in [6.07, 6.45) is 6.47. The molecule has 149 valence electrons. The van der Waals surface area contributed by atoms with Crippen LogP contribution in [0.15, 0.2) is 0 Å². The molecule has 0 aromatic rings. The molecule has 9 heteroatoms. The van der Waals surface area contributed by atoms with Gasteiger partial charge in [0.1, 0.15) is 0 Å². The molecule has 3 rings (SSSR count). The van der Waals surface area contributed by atoms with Crippen molar-refractivity contribution in [3.63, 3.8) is 0 Å². The zero-order chi connectivity index (χ0) is 18.7. The Labute approximate surface area is 157 Å². The molecule has 26 heavy (non-hydrogen) atoms. The van der Waals surface area contributed by atoms with Crippen LogP contribution in [0.25, 0.3) is 0 Å². The molecule has 0 aromatic carbocycles. The normalized spacial score (nSPS) is 25.0. The summed E-state index contributed by atoms with van der Waals surface area (Å²) in [7, 11) is -1.27. The van der Waals surface area contributed by atoms with Crippen LogP contribution in [0.2, 0.25) is 0 Å². The van der Waals surface area contributed by atoms with Crippen molar-refractivity contribution in [1.82, 2.24) is 24.3 Å². The summed E-state index contributed by atoms with van der Waals surface area (Å²) < 4.78 is 25.1. The molecule has 2 heterocycles. The molecule has 0 aromatic heterocycles. The predicted molar refractivity (Wildman–Crippen MR) is 100 cm³/mol. The second kappa shape index (κ2) is 8.52. The highest BCUT2D eigenvalue weighted by molar-refractivity contribution is 7.88. The Kier molecular flexibility index (Phi) is 6.55. The van der Waals surface area contributed by atoms with Gasteiger partial charge < -0.3 is 10.2 Å². The number of nitrogens with one attached hydrogen (secondary N) is 1. The summed E-state index contributed by atoms with van der Waals surface area (Å²) in [5.41, 5.74) is 0. The fraction of sp³-hybridized carbons (Fsp3) is 0.882. The maximum atomic E-state index is 13.0. The second-order valence-electron chi connectivity index (χ2n) is 7.56. The highest BCUT2D eigenvalue weighted by Crippen LogP contribution is 2.30. The van der Waals surface area contributed by atoms with Crippen LogP contribution in [0.4, 0.5) is 0 Å². The van der Waals surface area contributed by atoms with Crippen molar-refractivity contribution < 1.29 is 13.2 Å². The molecule has 0 unspecified atom stereocenters. The topological polar surface area (TPSA) is 76.2 Å². The predicted octanol–water partition coefficient (Wildman–Crippen LogP) is -0.436. The minimum Gasteiger partial charge on any atom is -0.314 e. The number of carbonyl (C=O) groups excluding carboxylic acids is 1. The van der Waals surface area contributed by atoms with Crippen molar-refractivity contribution in [2.75, 3.05) is 65.7 Å². The van der Waals surface area contributed by atoms with Gasteiger partial charge in [0.2, 0.25) is 22.2 Å². The number of carbonyl (C=O) groups is 1. The maximum Gasteiger partial charge on any atom is 0.228 e. The van der Waals surface area contributed by atoms with Crippen LogP contribution in [0.3, 0.4) is 0 Å². The standard InChI is InChI=1S/C17H32N5O3S/c1-19(16(23)15-5-3-4-6-15)17(20-9-7-18-8-10-20)21-11-13-22(14-12-21)26(2,24)25/h15,18H,3-14H2,1-2H3. The average molecular weight is 387 g/mol. The molecule has 3 fully saturated rings. The zero-order valence-electron chi connectivity index (χ0n) is 16.0. The van der Waals surface area contributed by atoms with E-state index in [1.165, 1.54) is 10.6 Å². The fourth-order valence-corrected chi connectivity index (χ4v) is 5.08. The van der Waals surface area contributed by atoms with Gasteiger partial charge in [-0.15, -0.1) is 0 Å². The molecular weight excluding hydrogens is 354 g/mol. The Hall–Kier alpha value is -0.740. The van der Waals surface area contributed by atoms with Gasteiger partial charge in [-0.25, -0.2) is 8.42 Å². The fourth-order valence-electron chi connectivity index (χ4n) is 4.25. The number of sulfonamides is 1. The number of hydrogen-bond donors (Lipinski definition) is 1. The number of rotatable bonds is 5. The van der Waals surface area contributed by atoms with Gasteiger partial charge in [-0.2, -0.15) is 4.31 Å². The molecule has 2 saturated heterocycles. The SMILES string of the molecule is CN([C](N1CCNCC1)N1CCN(S(C)(=O)=O)CC1)C(=O)C1CCCC1. The summed E-state index contributed by atoms with van der Waals surface area (Å²) in [6.45, 7) is 5.72. The van der Waals surface area contributed by atoms with Crippen LogP contribution in [-0.4, -0.2) is 99.0 Å². The molecule has 3 aliphatic rings. The van der Waals surface area contributed by atoms with Gasteiger partial charge >= 0.3 is 0 Å². The third-order valence-corrected chi connectivity index (χ3v) is 7.03. The van der Waals surface area contributed by atoms with Gasteiger partial charge in [0, 0.05) is 65.3 Å². The van der Waals surface area contributed by atoms with E-state index in [4.69, 9.17) is 0 Å². The van der Waals surface area contributed by atoms with Crippen LogP contribution in [0, 0.1) is 12.2 Å². The Bertz CT molecular complexity index is 579. The maximum absolute atomic E-state index is 13.0. The van der Waals surface area contributed by atoms with Gasteiger partial charge in [-0.1, -0.05) is 12.8 Å². The van der Waals surface area contributed by atoms with E-state index in [0.29, 0.717) is 26.2 Å². The molecule has 0 spiro atoms. The lowest BCUT2D eigenvalue weighted by molar-refractivity contribution is -0.139. The van der Waals surface area contributed by atoms with Crippen molar-refractivity contribution in [2.45, 2.75) is 25.7 Å². The molecule has 1 N–H and O–H groups in total. The van der Waals surface area contributed by atoms with Crippen molar-refractivity contribution in [3.8, 4) is 0 Å². The minimum atomic E-state index is -3.16. The highest BCUT2D eigenvalue weighted by atomic mass is 32.2. The first-order valence-corrected chi connectivity index (χ1v) is 11.5. The van der Waals surface area contributed by atoms with E-state index in [1.54, 1.807) is 0 Å². The Morgan fingerprint density at radius 2 is 1.50 bits per heavy atom. The minimum absolute atomic E-state index is 0.134. The third kappa shape index (κ3) is 4.56. The number of hydrogen-bond acceptors (Lipinski definition) is 6. The first kappa shape index (κ1) is 20.0. The third-order valence-electron chi connectivity index (χ3n) is 5.73. The van der Waals surface area contributed by atoms with Crippen LogP contribution in [0.5, 0.6) is 0 Å². The summed E-state index contributed by atoms with van der Waals surface area (Å²) in [5.74, 6) is 0.344. The molecule has 1 radical (unpaired) electrons. The van der Waals surface area contributed by atoms with E-state index < -0.39 is 10.0 Å². The van der Waals surface area contributed by atoms with E-state index >= 15 is 0 Å². The number of nitrogens with zero attached hydrogens (tertiary/aromatic N) is 4. The van der Waals surface area contributed by atoms with Crippen molar-refractivity contribution in [3.05, 3.63) is 6.29 Å². The van der Waals surface area contributed by atoms with E-state index in [0.717, 1.165) is 58.2 Å². The summed E-state index contributed by atoms with van der Waals surface area (Å²) >= 11 is 0. The van der Waals surface area contributed by atoms with Gasteiger partial charge in [0.25, 0.3) is 0 Å². The van der Waals surface area contributed by atoms with Crippen LogP contribution >= 0.6 is 0 Å². The number of piperazine rings is 2. The Morgan fingerprint density at radius 3 is 2.04 bits per heavy atom. The van der Waals surface area contributed by atoms with Crippen molar-refractivity contribution in [1.29, 1.82) is 0 Å². The lowest BCUT2D eigenvalue weighted by Crippen LogP contribution is -2.61. The smallest absolute Gasteiger partial charge is 0.228 e. The number of amides is 1. The Morgan fingerprint density at radius 1 is 0.962 bits per heavy atom.